The van der Waals surface area contributed by atoms with Crippen LogP contribution in [-0.2, 0) is 8.85 Å². The molecule has 0 atom stereocenters. The maximum absolute atomic E-state index is 6.15. The van der Waals surface area contributed by atoms with Crippen LogP contribution in [-0.4, -0.2) is 29.8 Å². The molecule has 0 saturated heterocycles. The molecule has 21 heavy (non-hydrogen) atoms. The van der Waals surface area contributed by atoms with E-state index in [0.717, 1.165) is 19.6 Å². The van der Waals surface area contributed by atoms with Gasteiger partial charge in [0.05, 0.1) is 6.61 Å². The fourth-order valence-corrected chi connectivity index (χ4v) is 3.26. The minimum absolute atomic E-state index is 0.284. The summed E-state index contributed by atoms with van der Waals surface area (Å²) < 4.78 is 12.3. The van der Waals surface area contributed by atoms with Crippen molar-refractivity contribution in [2.75, 3.05) is 13.2 Å². The van der Waals surface area contributed by atoms with Crippen molar-refractivity contribution in [2.24, 2.45) is 0 Å². The molecule has 0 unspecified atom stereocenters. The molecule has 0 saturated carbocycles. The topological polar surface area (TPSA) is 18.5 Å². The zero-order valence-corrected chi connectivity index (χ0v) is 18.1. The number of hydrogen-bond donors (Lipinski definition) is 0. The van der Waals surface area contributed by atoms with E-state index in [-0.39, 0.29) is 5.04 Å². The molecule has 2 nitrogen and oxygen atoms in total. The predicted molar refractivity (Wildman–Crippen MR) is 100 cm³/mol. The average Bonchev–Trinajstić information content (AvgIpc) is 2.24. The molecular formula is C17H38O2Si2. The first-order chi connectivity index (χ1) is 9.21. The van der Waals surface area contributed by atoms with Crippen molar-refractivity contribution in [3.63, 3.8) is 0 Å². The summed E-state index contributed by atoms with van der Waals surface area (Å²) in [6.45, 7) is 24.4. The third-order valence-electron chi connectivity index (χ3n) is 5.07. The Bertz CT molecular complexity index is 334. The Morgan fingerprint density at radius 1 is 0.714 bits per heavy atom. The quantitative estimate of drug-likeness (QED) is 0.325. The van der Waals surface area contributed by atoms with E-state index in [1.165, 1.54) is 0 Å². The van der Waals surface area contributed by atoms with Gasteiger partial charge in [0.15, 0.2) is 16.6 Å². The molecule has 0 aromatic rings. The zero-order chi connectivity index (χ0) is 16.9. The summed E-state index contributed by atoms with van der Waals surface area (Å²) in [5.41, 5.74) is 0. The van der Waals surface area contributed by atoms with Crippen molar-refractivity contribution in [3.8, 4) is 0 Å². The number of hydrogen-bond acceptors (Lipinski definition) is 2. The normalized spacial score (nSPS) is 15.0. The molecule has 0 aliphatic heterocycles. The van der Waals surface area contributed by atoms with Crippen LogP contribution in [0, 0.1) is 0 Å². The van der Waals surface area contributed by atoms with E-state index in [4.69, 9.17) is 8.85 Å². The Kier molecular flexibility index (Phi) is 7.61. The van der Waals surface area contributed by atoms with Gasteiger partial charge in [-0.05, 0) is 42.7 Å². The highest BCUT2D eigenvalue weighted by Gasteiger charge is 2.37. The molecule has 0 aliphatic rings. The van der Waals surface area contributed by atoms with Gasteiger partial charge in [0, 0.05) is 6.61 Å². The van der Waals surface area contributed by atoms with Crippen molar-refractivity contribution < 1.29 is 8.85 Å². The molecule has 0 rings (SSSR count). The highest BCUT2D eigenvalue weighted by Crippen LogP contribution is 2.37. The highest BCUT2D eigenvalue weighted by atomic mass is 28.4. The zero-order valence-electron chi connectivity index (χ0n) is 16.1. The summed E-state index contributed by atoms with van der Waals surface area (Å²) in [6, 6.07) is 0. The number of rotatable bonds is 7. The lowest BCUT2D eigenvalue weighted by Gasteiger charge is -2.36. The SMILES string of the molecule is CC(C)(C)[Si](C)(C)OC/C=C/CCO[Si](C)(C)C(C)(C)C. The average molecular weight is 331 g/mol. The van der Waals surface area contributed by atoms with E-state index >= 15 is 0 Å². The van der Waals surface area contributed by atoms with E-state index in [1.807, 2.05) is 0 Å². The van der Waals surface area contributed by atoms with Crippen LogP contribution >= 0.6 is 0 Å². The van der Waals surface area contributed by atoms with Crippen LogP contribution in [0.1, 0.15) is 48.0 Å². The van der Waals surface area contributed by atoms with Crippen molar-refractivity contribution in [2.45, 2.75) is 84.2 Å². The first-order valence-electron chi connectivity index (χ1n) is 8.14. The smallest absolute Gasteiger partial charge is 0.192 e. The molecule has 0 radical (unpaired) electrons. The largest absolute Gasteiger partial charge is 0.417 e. The Balaban J connectivity index is 4.01. The van der Waals surface area contributed by atoms with Crippen molar-refractivity contribution >= 4 is 16.6 Å². The lowest BCUT2D eigenvalue weighted by atomic mass is 10.2. The second-order valence-electron chi connectivity index (χ2n) is 8.94. The molecule has 0 aromatic heterocycles. The Hall–Kier alpha value is 0.0938. The van der Waals surface area contributed by atoms with Crippen LogP contribution < -0.4 is 0 Å². The van der Waals surface area contributed by atoms with Gasteiger partial charge in [-0.1, -0.05) is 53.7 Å². The lowest BCUT2D eigenvalue weighted by molar-refractivity contribution is 0.293. The fourth-order valence-electron chi connectivity index (χ4n) is 1.26. The summed E-state index contributed by atoms with van der Waals surface area (Å²) in [4.78, 5) is 0. The van der Waals surface area contributed by atoms with E-state index in [0.29, 0.717) is 5.04 Å². The summed E-state index contributed by atoms with van der Waals surface area (Å²) >= 11 is 0. The molecule has 0 fully saturated rings. The van der Waals surface area contributed by atoms with E-state index in [2.05, 4.69) is 79.9 Å². The van der Waals surface area contributed by atoms with Crippen LogP contribution in [0.2, 0.25) is 36.3 Å². The van der Waals surface area contributed by atoms with Gasteiger partial charge >= 0.3 is 0 Å². The van der Waals surface area contributed by atoms with E-state index < -0.39 is 16.6 Å². The van der Waals surface area contributed by atoms with Gasteiger partial charge in [-0.3, -0.25) is 0 Å². The van der Waals surface area contributed by atoms with E-state index in [9.17, 15) is 0 Å². The fraction of sp³-hybridized carbons (Fsp3) is 0.882. The highest BCUT2D eigenvalue weighted by molar-refractivity contribution is 6.74. The minimum atomic E-state index is -1.60. The maximum Gasteiger partial charge on any atom is 0.192 e. The van der Waals surface area contributed by atoms with Crippen LogP contribution in [0.4, 0.5) is 0 Å². The Morgan fingerprint density at radius 2 is 1.14 bits per heavy atom. The molecule has 4 heteroatoms. The van der Waals surface area contributed by atoms with Crippen LogP contribution in [0.15, 0.2) is 12.2 Å². The van der Waals surface area contributed by atoms with Crippen molar-refractivity contribution in [3.05, 3.63) is 12.2 Å². The second-order valence-corrected chi connectivity index (χ2v) is 18.6. The van der Waals surface area contributed by atoms with Gasteiger partial charge in [-0.25, -0.2) is 0 Å². The third kappa shape index (κ3) is 7.26. The second kappa shape index (κ2) is 7.58. The standard InChI is InChI=1S/C17H38O2Si2/c1-16(2,3)20(7,8)18-14-12-11-13-15-19-21(9,10)17(4,5)6/h11-12H,13-15H2,1-10H3/b12-11+. The van der Waals surface area contributed by atoms with Gasteiger partial charge in [0.1, 0.15) is 0 Å². The summed E-state index contributed by atoms with van der Waals surface area (Å²) in [5, 5.41) is 0.578. The maximum atomic E-state index is 6.15. The van der Waals surface area contributed by atoms with Crippen molar-refractivity contribution in [1.29, 1.82) is 0 Å². The van der Waals surface area contributed by atoms with Crippen molar-refractivity contribution in [1.82, 2.24) is 0 Å². The molecule has 0 spiro atoms. The molecule has 0 aromatic carbocycles. The van der Waals surface area contributed by atoms with Gasteiger partial charge in [0.25, 0.3) is 0 Å². The van der Waals surface area contributed by atoms with Gasteiger partial charge in [0.2, 0.25) is 0 Å². The van der Waals surface area contributed by atoms with Gasteiger partial charge < -0.3 is 8.85 Å². The first-order valence-corrected chi connectivity index (χ1v) is 14.0. The molecule has 0 N–H and O–H groups in total. The van der Waals surface area contributed by atoms with Crippen LogP contribution in [0.25, 0.3) is 0 Å². The molecular weight excluding hydrogens is 292 g/mol. The van der Waals surface area contributed by atoms with Crippen LogP contribution in [0.3, 0.4) is 0 Å². The Labute approximate surface area is 135 Å². The minimum Gasteiger partial charge on any atom is -0.417 e. The monoisotopic (exact) mass is 330 g/mol. The molecule has 0 heterocycles. The Morgan fingerprint density at radius 3 is 1.57 bits per heavy atom. The summed E-state index contributed by atoms with van der Waals surface area (Å²) in [5.74, 6) is 0. The molecule has 0 aliphatic carbocycles. The van der Waals surface area contributed by atoms with Gasteiger partial charge in [-0.15, -0.1) is 0 Å². The van der Waals surface area contributed by atoms with Crippen LogP contribution in [0.5, 0.6) is 0 Å². The molecule has 0 amide bonds. The summed E-state index contributed by atoms with van der Waals surface area (Å²) in [7, 11) is -3.19. The molecule has 126 valence electrons. The lowest BCUT2D eigenvalue weighted by Crippen LogP contribution is -2.41. The predicted octanol–water partition coefficient (Wildman–Crippen LogP) is 5.98. The third-order valence-corrected chi connectivity index (χ3v) is 14.1. The van der Waals surface area contributed by atoms with E-state index in [1.54, 1.807) is 0 Å². The first kappa shape index (κ1) is 21.1. The van der Waals surface area contributed by atoms with Gasteiger partial charge in [-0.2, -0.15) is 0 Å². The summed E-state index contributed by atoms with van der Waals surface area (Å²) in [6.07, 6.45) is 5.32. The molecule has 0 bridgehead atoms.